The van der Waals surface area contributed by atoms with Gasteiger partial charge in [-0.1, -0.05) is 18.2 Å². The fourth-order valence-electron chi connectivity index (χ4n) is 1.76. The van der Waals surface area contributed by atoms with E-state index in [1.165, 1.54) is 5.69 Å². The number of carbonyl (C=O) groups is 1. The number of rotatable bonds is 7. The minimum Gasteiger partial charge on any atom is -0.480 e. The number of carboxylic acid groups (broad SMARTS) is 1. The van der Waals surface area contributed by atoms with Crippen LogP contribution < -0.4 is 10.6 Å². The average molecular weight is 250 g/mol. The Bertz CT molecular complexity index is 377. The highest BCUT2D eigenvalue weighted by Crippen LogP contribution is 2.14. The standard InChI is InChI=1S/C14H22N2O2/c1-14(15,13(17)18)10-6-7-11-16(2)12-8-4-3-5-9-12/h3-5,8-9H,6-7,10-11,15H2,1-2H3,(H,17,18). The monoisotopic (exact) mass is 250 g/mol. The van der Waals surface area contributed by atoms with Crippen molar-refractivity contribution < 1.29 is 9.90 Å². The van der Waals surface area contributed by atoms with Gasteiger partial charge in [0.25, 0.3) is 0 Å². The molecule has 1 unspecified atom stereocenters. The lowest BCUT2D eigenvalue weighted by Gasteiger charge is -2.21. The summed E-state index contributed by atoms with van der Waals surface area (Å²) in [5.41, 5.74) is 5.74. The first kappa shape index (κ1) is 14.5. The van der Waals surface area contributed by atoms with Gasteiger partial charge in [-0.25, -0.2) is 0 Å². The van der Waals surface area contributed by atoms with E-state index in [0.717, 1.165) is 19.4 Å². The molecule has 18 heavy (non-hydrogen) atoms. The Balaban J connectivity index is 2.29. The van der Waals surface area contributed by atoms with Crippen LogP contribution in [0, 0.1) is 0 Å². The maximum absolute atomic E-state index is 10.8. The van der Waals surface area contributed by atoms with Crippen LogP contribution in [0.15, 0.2) is 30.3 Å². The molecule has 0 saturated carbocycles. The third-order valence-corrected chi connectivity index (χ3v) is 3.13. The van der Waals surface area contributed by atoms with Crippen molar-refractivity contribution in [2.45, 2.75) is 31.7 Å². The summed E-state index contributed by atoms with van der Waals surface area (Å²) in [7, 11) is 2.04. The third-order valence-electron chi connectivity index (χ3n) is 3.13. The Morgan fingerprint density at radius 3 is 2.50 bits per heavy atom. The molecule has 100 valence electrons. The summed E-state index contributed by atoms with van der Waals surface area (Å²) in [5, 5.41) is 8.89. The van der Waals surface area contributed by atoms with Crippen molar-refractivity contribution in [1.29, 1.82) is 0 Å². The number of benzene rings is 1. The summed E-state index contributed by atoms with van der Waals surface area (Å²) in [4.78, 5) is 13.0. The van der Waals surface area contributed by atoms with E-state index in [2.05, 4.69) is 17.0 Å². The molecule has 0 fully saturated rings. The van der Waals surface area contributed by atoms with Crippen molar-refractivity contribution in [3.05, 3.63) is 30.3 Å². The molecule has 1 aromatic rings. The van der Waals surface area contributed by atoms with Gasteiger partial charge in [0.15, 0.2) is 0 Å². The molecule has 1 aromatic carbocycles. The van der Waals surface area contributed by atoms with E-state index < -0.39 is 11.5 Å². The van der Waals surface area contributed by atoms with Gasteiger partial charge in [-0.2, -0.15) is 0 Å². The SMILES string of the molecule is CN(CCCCC(C)(N)C(=O)O)c1ccccc1. The van der Waals surface area contributed by atoms with Crippen LogP contribution in [0.5, 0.6) is 0 Å². The normalized spacial score (nSPS) is 13.9. The van der Waals surface area contributed by atoms with Gasteiger partial charge in [0, 0.05) is 19.3 Å². The van der Waals surface area contributed by atoms with E-state index in [9.17, 15) is 4.79 Å². The number of aliphatic carboxylic acids is 1. The fourth-order valence-corrected chi connectivity index (χ4v) is 1.76. The van der Waals surface area contributed by atoms with Crippen LogP contribution in [0.2, 0.25) is 0 Å². The zero-order valence-electron chi connectivity index (χ0n) is 11.1. The van der Waals surface area contributed by atoms with Gasteiger partial charge < -0.3 is 15.7 Å². The number of para-hydroxylation sites is 1. The van der Waals surface area contributed by atoms with Crippen molar-refractivity contribution in [2.24, 2.45) is 5.73 Å². The smallest absolute Gasteiger partial charge is 0.323 e. The summed E-state index contributed by atoms with van der Waals surface area (Å²) in [6, 6.07) is 10.1. The predicted molar refractivity (Wildman–Crippen MR) is 73.8 cm³/mol. The lowest BCUT2D eigenvalue weighted by atomic mass is 9.96. The fraction of sp³-hybridized carbons (Fsp3) is 0.500. The molecule has 0 radical (unpaired) electrons. The molecular formula is C14H22N2O2. The minimum absolute atomic E-state index is 0.505. The van der Waals surface area contributed by atoms with Crippen molar-refractivity contribution in [2.75, 3.05) is 18.5 Å². The number of hydrogen-bond acceptors (Lipinski definition) is 3. The van der Waals surface area contributed by atoms with Gasteiger partial charge in [-0.3, -0.25) is 4.79 Å². The number of anilines is 1. The maximum Gasteiger partial charge on any atom is 0.323 e. The number of nitrogens with two attached hydrogens (primary N) is 1. The number of unbranched alkanes of at least 4 members (excludes halogenated alkanes) is 1. The first-order valence-electron chi connectivity index (χ1n) is 6.22. The van der Waals surface area contributed by atoms with E-state index >= 15 is 0 Å². The highest BCUT2D eigenvalue weighted by molar-refractivity contribution is 5.77. The highest BCUT2D eigenvalue weighted by Gasteiger charge is 2.26. The van der Waals surface area contributed by atoms with Crippen molar-refractivity contribution >= 4 is 11.7 Å². The average Bonchev–Trinajstić information content (AvgIpc) is 2.35. The van der Waals surface area contributed by atoms with Gasteiger partial charge in [-0.15, -0.1) is 0 Å². The summed E-state index contributed by atoms with van der Waals surface area (Å²) in [6.07, 6.45) is 2.26. The van der Waals surface area contributed by atoms with Crippen LogP contribution in [0.3, 0.4) is 0 Å². The summed E-state index contributed by atoms with van der Waals surface area (Å²) in [6.45, 7) is 2.47. The van der Waals surface area contributed by atoms with Crippen LogP contribution in [0.1, 0.15) is 26.2 Å². The number of carboxylic acids is 1. The van der Waals surface area contributed by atoms with E-state index in [0.29, 0.717) is 6.42 Å². The van der Waals surface area contributed by atoms with Crippen molar-refractivity contribution in [3.63, 3.8) is 0 Å². The Labute approximate surface area is 108 Å². The van der Waals surface area contributed by atoms with E-state index in [-0.39, 0.29) is 0 Å². The summed E-state index contributed by atoms with van der Waals surface area (Å²) >= 11 is 0. The number of nitrogens with zero attached hydrogens (tertiary/aromatic N) is 1. The van der Waals surface area contributed by atoms with Crippen molar-refractivity contribution in [3.8, 4) is 0 Å². The molecule has 0 aliphatic rings. The van der Waals surface area contributed by atoms with E-state index in [1.54, 1.807) is 6.92 Å². The molecule has 0 heterocycles. The molecule has 0 spiro atoms. The zero-order valence-corrected chi connectivity index (χ0v) is 11.1. The first-order chi connectivity index (χ1) is 8.43. The second kappa shape index (κ2) is 6.40. The topological polar surface area (TPSA) is 66.6 Å². The van der Waals surface area contributed by atoms with Gasteiger partial charge in [0.2, 0.25) is 0 Å². The Hall–Kier alpha value is -1.55. The second-order valence-electron chi connectivity index (χ2n) is 4.94. The van der Waals surface area contributed by atoms with Gasteiger partial charge in [0.05, 0.1) is 0 Å². The first-order valence-corrected chi connectivity index (χ1v) is 6.22. The minimum atomic E-state index is -1.11. The summed E-state index contributed by atoms with van der Waals surface area (Å²) < 4.78 is 0. The molecule has 0 bridgehead atoms. The molecule has 1 rings (SSSR count). The van der Waals surface area contributed by atoms with Gasteiger partial charge in [0.1, 0.15) is 5.54 Å². The molecule has 0 amide bonds. The molecule has 4 heteroatoms. The van der Waals surface area contributed by atoms with E-state index in [4.69, 9.17) is 10.8 Å². The Morgan fingerprint density at radius 2 is 1.94 bits per heavy atom. The highest BCUT2D eigenvalue weighted by atomic mass is 16.4. The largest absolute Gasteiger partial charge is 0.480 e. The predicted octanol–water partition coefficient (Wildman–Crippen LogP) is 2.10. The van der Waals surface area contributed by atoms with Crippen LogP contribution in [-0.4, -0.2) is 30.2 Å². The van der Waals surface area contributed by atoms with E-state index in [1.807, 2.05) is 25.2 Å². The Kier molecular flexibility index (Phi) is 5.16. The molecule has 0 aromatic heterocycles. The van der Waals surface area contributed by atoms with Crippen molar-refractivity contribution in [1.82, 2.24) is 0 Å². The number of hydrogen-bond donors (Lipinski definition) is 2. The van der Waals surface area contributed by atoms with Crippen LogP contribution >= 0.6 is 0 Å². The second-order valence-corrected chi connectivity index (χ2v) is 4.94. The molecule has 4 nitrogen and oxygen atoms in total. The molecule has 3 N–H and O–H groups in total. The van der Waals surface area contributed by atoms with Crippen LogP contribution in [0.25, 0.3) is 0 Å². The lowest BCUT2D eigenvalue weighted by Crippen LogP contribution is -2.44. The molecule has 0 saturated heterocycles. The van der Waals surface area contributed by atoms with Gasteiger partial charge >= 0.3 is 5.97 Å². The van der Waals surface area contributed by atoms with Crippen LogP contribution in [0.4, 0.5) is 5.69 Å². The quantitative estimate of drug-likeness (QED) is 0.727. The summed E-state index contributed by atoms with van der Waals surface area (Å²) in [5.74, 6) is -0.932. The van der Waals surface area contributed by atoms with Gasteiger partial charge in [-0.05, 0) is 38.3 Å². The lowest BCUT2D eigenvalue weighted by molar-refractivity contribution is -0.142. The van der Waals surface area contributed by atoms with Crippen LogP contribution in [-0.2, 0) is 4.79 Å². The molecule has 0 aliphatic heterocycles. The molecule has 0 aliphatic carbocycles. The maximum atomic E-state index is 10.8. The Morgan fingerprint density at radius 1 is 1.33 bits per heavy atom. The molecular weight excluding hydrogens is 228 g/mol. The molecule has 1 atom stereocenters. The zero-order chi connectivity index (χ0) is 13.6. The third kappa shape index (κ3) is 4.37.